The van der Waals surface area contributed by atoms with Gasteiger partial charge in [0, 0.05) is 32.7 Å². The van der Waals surface area contributed by atoms with Crippen LogP contribution < -0.4 is 21.9 Å². The molecule has 3 rings (SSSR count). The quantitative estimate of drug-likeness (QED) is 0.559. The van der Waals surface area contributed by atoms with E-state index in [1.807, 2.05) is 0 Å². The molecule has 2 aromatic carbocycles. The van der Waals surface area contributed by atoms with Crippen LogP contribution in [0.5, 0.6) is 11.5 Å². The number of methoxy groups -OCH3 is 2. The summed E-state index contributed by atoms with van der Waals surface area (Å²) in [5.41, 5.74) is 0.222. The standard InChI is InChI=1S/C22H26F2N2O4.ClH/c1-28-19-7-6-16(14-20(19)29-2)15-26(9-8-25-10-12-30-13-11-25)22(27)21-17(23)4-3-5-18(21)24;/h3-7,14H,8-13,15H2,1-2H3;1H/p-1. The molecule has 0 aromatic heterocycles. The predicted octanol–water partition coefficient (Wildman–Crippen LogP) is -0.0394. The van der Waals surface area contributed by atoms with Crippen LogP contribution in [0.4, 0.5) is 8.78 Å². The van der Waals surface area contributed by atoms with Gasteiger partial charge in [0.25, 0.3) is 5.91 Å². The van der Waals surface area contributed by atoms with Crippen LogP contribution in [0.3, 0.4) is 0 Å². The summed E-state index contributed by atoms with van der Waals surface area (Å²) in [4.78, 5) is 16.7. The lowest BCUT2D eigenvalue weighted by atomic mass is 10.1. The fourth-order valence-corrected chi connectivity index (χ4v) is 3.40. The Balaban J connectivity index is 0.00000341. The summed E-state index contributed by atoms with van der Waals surface area (Å²) >= 11 is 0. The van der Waals surface area contributed by atoms with Crippen LogP contribution in [0.1, 0.15) is 15.9 Å². The molecule has 1 saturated heterocycles. The molecule has 0 radical (unpaired) electrons. The van der Waals surface area contributed by atoms with Gasteiger partial charge in [0.05, 0.1) is 27.4 Å². The van der Waals surface area contributed by atoms with Crippen LogP contribution in [-0.4, -0.2) is 69.3 Å². The molecule has 0 atom stereocenters. The van der Waals surface area contributed by atoms with Gasteiger partial charge in [0.1, 0.15) is 17.2 Å². The highest BCUT2D eigenvalue weighted by Crippen LogP contribution is 2.28. The molecule has 31 heavy (non-hydrogen) atoms. The number of nitrogens with zero attached hydrogens (tertiary/aromatic N) is 2. The van der Waals surface area contributed by atoms with Gasteiger partial charge in [-0.1, -0.05) is 12.1 Å². The molecule has 9 heteroatoms. The van der Waals surface area contributed by atoms with Gasteiger partial charge in [-0.15, -0.1) is 0 Å². The number of hydrogen-bond acceptors (Lipinski definition) is 5. The fraction of sp³-hybridized carbons (Fsp3) is 0.409. The second-order valence-electron chi connectivity index (χ2n) is 6.97. The van der Waals surface area contributed by atoms with Crippen LogP contribution in [0.15, 0.2) is 36.4 Å². The lowest BCUT2D eigenvalue weighted by molar-refractivity contribution is -0.0000223. The SMILES string of the molecule is COc1ccc(CN(CCN2CCOCC2)C(=O)c2c(F)cccc2F)cc1OC.[Cl-]. The summed E-state index contributed by atoms with van der Waals surface area (Å²) in [6, 6.07) is 8.72. The van der Waals surface area contributed by atoms with Crippen LogP contribution in [0, 0.1) is 11.6 Å². The number of ether oxygens (including phenoxy) is 3. The van der Waals surface area contributed by atoms with Crippen molar-refractivity contribution in [3.8, 4) is 11.5 Å². The molecule has 1 aliphatic rings. The lowest BCUT2D eigenvalue weighted by Gasteiger charge is -2.30. The van der Waals surface area contributed by atoms with Crippen LogP contribution in [0.2, 0.25) is 0 Å². The Morgan fingerprint density at radius 2 is 1.71 bits per heavy atom. The summed E-state index contributed by atoms with van der Waals surface area (Å²) in [6.45, 7) is 3.85. The van der Waals surface area contributed by atoms with Crippen molar-refractivity contribution in [3.05, 3.63) is 59.2 Å². The highest BCUT2D eigenvalue weighted by Gasteiger charge is 2.24. The second-order valence-corrected chi connectivity index (χ2v) is 6.97. The summed E-state index contributed by atoms with van der Waals surface area (Å²) in [6.07, 6.45) is 0. The summed E-state index contributed by atoms with van der Waals surface area (Å²) in [5, 5.41) is 0. The first-order chi connectivity index (χ1) is 14.5. The molecular weight excluding hydrogens is 430 g/mol. The number of morpholine rings is 1. The molecular formula is C22H26ClF2N2O4-. The lowest BCUT2D eigenvalue weighted by Crippen LogP contribution is -3.00. The molecule has 0 bridgehead atoms. The molecule has 0 saturated carbocycles. The molecule has 2 aromatic rings. The van der Waals surface area contributed by atoms with E-state index in [4.69, 9.17) is 14.2 Å². The number of carbonyl (C=O) groups excluding carboxylic acids is 1. The fourth-order valence-electron chi connectivity index (χ4n) is 3.40. The van der Waals surface area contributed by atoms with E-state index in [0.717, 1.165) is 30.8 Å². The Hall–Kier alpha value is -2.42. The first-order valence-corrected chi connectivity index (χ1v) is 9.77. The van der Waals surface area contributed by atoms with Gasteiger partial charge in [-0.3, -0.25) is 9.69 Å². The van der Waals surface area contributed by atoms with Crippen LogP contribution >= 0.6 is 0 Å². The van der Waals surface area contributed by atoms with Crippen molar-refractivity contribution in [1.29, 1.82) is 0 Å². The van der Waals surface area contributed by atoms with Gasteiger partial charge in [0.2, 0.25) is 0 Å². The van der Waals surface area contributed by atoms with Crippen molar-refractivity contribution in [2.45, 2.75) is 6.54 Å². The zero-order valence-corrected chi connectivity index (χ0v) is 18.3. The van der Waals surface area contributed by atoms with Crippen molar-refractivity contribution in [1.82, 2.24) is 9.80 Å². The second kappa shape index (κ2) is 11.8. The minimum absolute atomic E-state index is 0. The smallest absolute Gasteiger partial charge is 0.260 e. The Kier molecular flexibility index (Phi) is 9.48. The minimum Gasteiger partial charge on any atom is -1.00 e. The maximum absolute atomic E-state index is 14.3. The van der Waals surface area contributed by atoms with Gasteiger partial charge in [-0.2, -0.15) is 0 Å². The van der Waals surface area contributed by atoms with Crippen molar-refractivity contribution < 1.29 is 40.2 Å². The van der Waals surface area contributed by atoms with Crippen molar-refractivity contribution >= 4 is 5.91 Å². The molecule has 0 spiro atoms. The van der Waals surface area contributed by atoms with Gasteiger partial charge in [-0.05, 0) is 29.8 Å². The minimum atomic E-state index is -0.872. The number of carbonyl (C=O) groups is 1. The van der Waals surface area contributed by atoms with Crippen molar-refractivity contribution in [2.24, 2.45) is 0 Å². The van der Waals surface area contributed by atoms with Gasteiger partial charge >= 0.3 is 0 Å². The maximum Gasteiger partial charge on any atom is 0.260 e. The van der Waals surface area contributed by atoms with Crippen molar-refractivity contribution in [3.63, 3.8) is 0 Å². The Morgan fingerprint density at radius 3 is 2.32 bits per heavy atom. The van der Waals surface area contributed by atoms with Crippen LogP contribution in [-0.2, 0) is 11.3 Å². The molecule has 0 unspecified atom stereocenters. The summed E-state index contributed by atoms with van der Waals surface area (Å²) in [5.74, 6) is -1.35. The highest BCUT2D eigenvalue weighted by molar-refractivity contribution is 5.94. The molecule has 1 amide bonds. The maximum atomic E-state index is 14.3. The number of amides is 1. The number of halogens is 3. The average molecular weight is 456 g/mol. The normalized spacial score (nSPS) is 13.9. The predicted molar refractivity (Wildman–Crippen MR) is 108 cm³/mol. The average Bonchev–Trinajstić information content (AvgIpc) is 2.76. The molecule has 1 heterocycles. The largest absolute Gasteiger partial charge is 1.00 e. The van der Waals surface area contributed by atoms with E-state index < -0.39 is 23.1 Å². The monoisotopic (exact) mass is 455 g/mol. The summed E-state index contributed by atoms with van der Waals surface area (Å²) in [7, 11) is 3.06. The topological polar surface area (TPSA) is 51.2 Å². The molecule has 170 valence electrons. The van der Waals surface area contributed by atoms with E-state index in [1.54, 1.807) is 18.2 Å². The van der Waals surface area contributed by atoms with E-state index in [9.17, 15) is 13.6 Å². The molecule has 6 nitrogen and oxygen atoms in total. The van der Waals surface area contributed by atoms with Gasteiger partial charge in [0.15, 0.2) is 11.5 Å². The number of hydrogen-bond donors (Lipinski definition) is 0. The zero-order valence-electron chi connectivity index (χ0n) is 17.6. The Morgan fingerprint density at radius 1 is 1.06 bits per heavy atom. The van der Waals surface area contributed by atoms with E-state index in [-0.39, 0.29) is 19.0 Å². The van der Waals surface area contributed by atoms with Crippen molar-refractivity contribution in [2.75, 3.05) is 53.6 Å². The third kappa shape index (κ3) is 6.29. The number of rotatable bonds is 8. The highest BCUT2D eigenvalue weighted by atomic mass is 35.5. The van der Waals surface area contributed by atoms with E-state index in [1.165, 1.54) is 25.2 Å². The third-order valence-corrected chi connectivity index (χ3v) is 5.08. The molecule has 1 aliphatic heterocycles. The third-order valence-electron chi connectivity index (χ3n) is 5.08. The van der Waals surface area contributed by atoms with E-state index >= 15 is 0 Å². The van der Waals surface area contributed by atoms with E-state index in [2.05, 4.69) is 4.90 Å². The molecule has 0 aliphatic carbocycles. The molecule has 1 fully saturated rings. The number of benzene rings is 2. The Bertz CT molecular complexity index is 858. The molecule has 0 N–H and O–H groups in total. The Labute approximate surface area is 187 Å². The summed E-state index contributed by atoms with van der Waals surface area (Å²) < 4.78 is 44.4. The van der Waals surface area contributed by atoms with Gasteiger partial charge < -0.3 is 31.5 Å². The first-order valence-electron chi connectivity index (χ1n) is 9.77. The van der Waals surface area contributed by atoms with Crippen LogP contribution in [0.25, 0.3) is 0 Å². The zero-order chi connectivity index (χ0) is 21.5. The first kappa shape index (κ1) is 24.8. The van der Waals surface area contributed by atoms with Gasteiger partial charge in [-0.25, -0.2) is 8.78 Å². The van der Waals surface area contributed by atoms with E-state index in [0.29, 0.717) is 37.8 Å².